The van der Waals surface area contributed by atoms with E-state index in [1.807, 2.05) is 12.1 Å². The number of nitrogens with one attached hydrogen (secondary N) is 1. The Kier molecular flexibility index (Phi) is 4.97. The van der Waals surface area contributed by atoms with Gasteiger partial charge in [-0.05, 0) is 62.0 Å². The van der Waals surface area contributed by atoms with Crippen molar-refractivity contribution in [3.8, 4) is 0 Å². The molecule has 7 heteroatoms. The Morgan fingerprint density at radius 3 is 2.59 bits per heavy atom. The van der Waals surface area contributed by atoms with Crippen LogP contribution in [0.2, 0.25) is 0 Å². The molecule has 0 bridgehead atoms. The first kappa shape index (κ1) is 18.1. The van der Waals surface area contributed by atoms with Gasteiger partial charge in [0.25, 0.3) is 5.91 Å². The van der Waals surface area contributed by atoms with Crippen molar-refractivity contribution in [1.29, 1.82) is 0 Å². The van der Waals surface area contributed by atoms with Crippen LogP contribution in [-0.2, 0) is 22.7 Å². The van der Waals surface area contributed by atoms with Gasteiger partial charge >= 0.3 is 0 Å². The summed E-state index contributed by atoms with van der Waals surface area (Å²) in [6.07, 6.45) is 2.96. The van der Waals surface area contributed by atoms with Crippen LogP contribution in [0.5, 0.6) is 0 Å². The number of amides is 3. The maximum atomic E-state index is 12.7. The van der Waals surface area contributed by atoms with E-state index < -0.39 is 6.04 Å². The molecule has 0 aliphatic carbocycles. The van der Waals surface area contributed by atoms with Crippen LogP contribution in [0, 0.1) is 5.92 Å². The number of rotatable bonds is 4. The van der Waals surface area contributed by atoms with Gasteiger partial charge in [-0.2, -0.15) is 0 Å². The number of hydrogen-bond donors (Lipinski definition) is 2. The van der Waals surface area contributed by atoms with Crippen molar-refractivity contribution >= 4 is 17.7 Å². The summed E-state index contributed by atoms with van der Waals surface area (Å²) >= 11 is 0. The monoisotopic (exact) mass is 370 g/mol. The number of carbonyl (C=O) groups excluding carboxylic acids is 3. The molecule has 0 spiro atoms. The molecule has 27 heavy (non-hydrogen) atoms. The fraction of sp³-hybridized carbons (Fsp3) is 0.550. The van der Waals surface area contributed by atoms with Crippen LogP contribution in [0.15, 0.2) is 18.2 Å². The van der Waals surface area contributed by atoms with E-state index in [0.717, 1.165) is 44.6 Å². The molecule has 144 valence electrons. The summed E-state index contributed by atoms with van der Waals surface area (Å²) in [7, 11) is 0. The van der Waals surface area contributed by atoms with Crippen LogP contribution in [-0.4, -0.2) is 53.2 Å². The Bertz CT molecular complexity index is 770. The SMILES string of the molecule is NCC1CCN(Cc2ccc3c(c2)CN(C2CCC(=O)NC2=O)C3=O)CC1. The molecule has 3 heterocycles. The minimum Gasteiger partial charge on any atom is -0.330 e. The van der Waals surface area contributed by atoms with Crippen molar-refractivity contribution in [2.45, 2.75) is 44.8 Å². The van der Waals surface area contributed by atoms with Gasteiger partial charge < -0.3 is 10.6 Å². The van der Waals surface area contributed by atoms with Gasteiger partial charge in [-0.1, -0.05) is 12.1 Å². The van der Waals surface area contributed by atoms with E-state index in [4.69, 9.17) is 5.73 Å². The summed E-state index contributed by atoms with van der Waals surface area (Å²) in [5, 5.41) is 2.34. The topological polar surface area (TPSA) is 95.7 Å². The van der Waals surface area contributed by atoms with E-state index in [2.05, 4.69) is 16.3 Å². The maximum Gasteiger partial charge on any atom is 0.255 e. The summed E-state index contributed by atoms with van der Waals surface area (Å²) in [6.45, 7) is 4.19. The van der Waals surface area contributed by atoms with Crippen LogP contribution < -0.4 is 11.1 Å². The summed E-state index contributed by atoms with van der Waals surface area (Å²) in [4.78, 5) is 40.3. The van der Waals surface area contributed by atoms with E-state index in [1.54, 1.807) is 4.90 Å². The van der Waals surface area contributed by atoms with Gasteiger partial charge in [0.05, 0.1) is 0 Å². The highest BCUT2D eigenvalue weighted by molar-refractivity contribution is 6.05. The first-order valence-corrected chi connectivity index (χ1v) is 9.74. The number of carbonyl (C=O) groups is 3. The quantitative estimate of drug-likeness (QED) is 0.758. The van der Waals surface area contributed by atoms with E-state index in [0.29, 0.717) is 24.4 Å². The maximum absolute atomic E-state index is 12.7. The van der Waals surface area contributed by atoms with Gasteiger partial charge in [-0.15, -0.1) is 0 Å². The average Bonchev–Trinajstić information content (AvgIpc) is 2.98. The lowest BCUT2D eigenvalue weighted by molar-refractivity contribution is -0.136. The zero-order chi connectivity index (χ0) is 19.0. The third kappa shape index (κ3) is 3.61. The van der Waals surface area contributed by atoms with E-state index >= 15 is 0 Å². The van der Waals surface area contributed by atoms with Crippen LogP contribution in [0.4, 0.5) is 0 Å². The average molecular weight is 370 g/mol. The highest BCUT2D eigenvalue weighted by Gasteiger charge is 2.39. The van der Waals surface area contributed by atoms with Crippen molar-refractivity contribution in [1.82, 2.24) is 15.1 Å². The first-order valence-electron chi connectivity index (χ1n) is 9.74. The molecule has 1 unspecified atom stereocenters. The molecule has 3 N–H and O–H groups in total. The lowest BCUT2D eigenvalue weighted by Gasteiger charge is -2.31. The second-order valence-corrected chi connectivity index (χ2v) is 7.85. The third-order valence-corrected chi connectivity index (χ3v) is 6.03. The number of imide groups is 1. The lowest BCUT2D eigenvalue weighted by Crippen LogP contribution is -2.52. The summed E-state index contributed by atoms with van der Waals surface area (Å²) in [5.74, 6) is -0.104. The Labute approximate surface area is 158 Å². The summed E-state index contributed by atoms with van der Waals surface area (Å²) < 4.78 is 0. The molecule has 3 aliphatic heterocycles. The van der Waals surface area contributed by atoms with Crippen molar-refractivity contribution in [2.75, 3.05) is 19.6 Å². The molecular weight excluding hydrogens is 344 g/mol. The first-order chi connectivity index (χ1) is 13.0. The van der Waals surface area contributed by atoms with Crippen molar-refractivity contribution in [3.63, 3.8) is 0 Å². The normalized spacial score (nSPS) is 24.3. The standard InChI is InChI=1S/C20H26N4O3/c21-10-13-5-7-23(8-6-13)11-14-1-2-16-15(9-14)12-24(20(16)27)17-3-4-18(25)22-19(17)26/h1-2,9,13,17H,3-8,10-12,21H2,(H,22,25,26). The van der Waals surface area contributed by atoms with E-state index in [1.165, 1.54) is 5.56 Å². The zero-order valence-electron chi connectivity index (χ0n) is 15.4. The molecule has 1 aromatic rings. The fourth-order valence-corrected chi connectivity index (χ4v) is 4.36. The fourth-order valence-electron chi connectivity index (χ4n) is 4.36. The number of nitrogens with zero attached hydrogens (tertiary/aromatic N) is 2. The molecule has 7 nitrogen and oxygen atoms in total. The molecule has 2 saturated heterocycles. The van der Waals surface area contributed by atoms with Gasteiger partial charge in [-0.3, -0.25) is 24.6 Å². The molecule has 0 aromatic heterocycles. The van der Waals surface area contributed by atoms with Crippen LogP contribution in [0.1, 0.15) is 47.2 Å². The Morgan fingerprint density at radius 1 is 1.11 bits per heavy atom. The number of benzene rings is 1. The van der Waals surface area contributed by atoms with Crippen LogP contribution in [0.3, 0.4) is 0 Å². The minimum absolute atomic E-state index is 0.116. The second kappa shape index (κ2) is 7.40. The lowest BCUT2D eigenvalue weighted by atomic mass is 9.96. The second-order valence-electron chi connectivity index (χ2n) is 7.85. The number of fused-ring (bicyclic) bond motifs is 1. The van der Waals surface area contributed by atoms with Crippen molar-refractivity contribution in [3.05, 3.63) is 34.9 Å². The molecule has 4 rings (SSSR count). The highest BCUT2D eigenvalue weighted by atomic mass is 16.2. The van der Waals surface area contributed by atoms with Gasteiger partial charge in [0.2, 0.25) is 11.8 Å². The van der Waals surface area contributed by atoms with Gasteiger partial charge in [0.1, 0.15) is 6.04 Å². The molecule has 2 fully saturated rings. The smallest absolute Gasteiger partial charge is 0.255 e. The molecule has 1 aromatic carbocycles. The number of piperidine rings is 2. The Morgan fingerprint density at radius 2 is 1.89 bits per heavy atom. The van der Waals surface area contributed by atoms with Crippen molar-refractivity contribution in [2.24, 2.45) is 11.7 Å². The number of hydrogen-bond acceptors (Lipinski definition) is 5. The molecule has 1 atom stereocenters. The molecule has 0 saturated carbocycles. The van der Waals surface area contributed by atoms with E-state index in [9.17, 15) is 14.4 Å². The highest BCUT2D eigenvalue weighted by Crippen LogP contribution is 2.29. The van der Waals surface area contributed by atoms with Crippen LogP contribution in [0.25, 0.3) is 0 Å². The largest absolute Gasteiger partial charge is 0.330 e. The zero-order valence-corrected chi connectivity index (χ0v) is 15.4. The predicted molar refractivity (Wildman–Crippen MR) is 99.5 cm³/mol. The molecule has 3 aliphatic rings. The van der Waals surface area contributed by atoms with E-state index in [-0.39, 0.29) is 24.1 Å². The summed E-state index contributed by atoms with van der Waals surface area (Å²) in [6, 6.07) is 5.43. The minimum atomic E-state index is -0.554. The number of likely N-dealkylation sites (tertiary alicyclic amines) is 1. The van der Waals surface area contributed by atoms with Gasteiger partial charge in [0, 0.05) is 25.1 Å². The Balaban J connectivity index is 1.43. The van der Waals surface area contributed by atoms with Crippen LogP contribution >= 0.6 is 0 Å². The van der Waals surface area contributed by atoms with Crippen molar-refractivity contribution < 1.29 is 14.4 Å². The number of nitrogens with two attached hydrogens (primary N) is 1. The van der Waals surface area contributed by atoms with Gasteiger partial charge in [-0.25, -0.2) is 0 Å². The molecule has 0 radical (unpaired) electrons. The molecular formula is C20H26N4O3. The van der Waals surface area contributed by atoms with Gasteiger partial charge in [0.15, 0.2) is 0 Å². The Hall–Kier alpha value is -2.25. The summed E-state index contributed by atoms with van der Waals surface area (Å²) in [5.41, 5.74) is 8.60. The molecule has 3 amide bonds. The third-order valence-electron chi connectivity index (χ3n) is 6.03. The predicted octanol–water partition coefficient (Wildman–Crippen LogP) is 0.618.